The van der Waals surface area contributed by atoms with E-state index in [1.54, 1.807) is 24.3 Å². The van der Waals surface area contributed by atoms with Crippen molar-refractivity contribution in [2.75, 3.05) is 0 Å². The molecule has 4 nitrogen and oxygen atoms in total. The van der Waals surface area contributed by atoms with Crippen molar-refractivity contribution in [3.05, 3.63) is 35.4 Å². The van der Waals surface area contributed by atoms with Crippen molar-refractivity contribution in [1.82, 2.24) is 0 Å². The van der Waals surface area contributed by atoms with Crippen molar-refractivity contribution in [3.63, 3.8) is 0 Å². The summed E-state index contributed by atoms with van der Waals surface area (Å²) < 4.78 is 33.0. The maximum atomic E-state index is 11.3. The third-order valence-corrected chi connectivity index (χ3v) is 3.67. The SMILES string of the molecule is O=C1Cc2ccccc2C(S(=O)(=O)[O-])C1.[Na+]. The Bertz CT molecular complexity index is 509. The Morgan fingerprint density at radius 1 is 1.25 bits per heavy atom. The molecule has 0 aromatic heterocycles. The average Bonchev–Trinajstić information content (AvgIpc) is 2.15. The molecule has 2 rings (SSSR count). The van der Waals surface area contributed by atoms with Crippen LogP contribution in [0.4, 0.5) is 0 Å². The van der Waals surface area contributed by atoms with E-state index in [-0.39, 0.29) is 48.2 Å². The number of carbonyl (C=O) groups excluding carboxylic acids is 1. The summed E-state index contributed by atoms with van der Waals surface area (Å²) >= 11 is 0. The van der Waals surface area contributed by atoms with Gasteiger partial charge in [0, 0.05) is 12.8 Å². The van der Waals surface area contributed by atoms with Gasteiger partial charge < -0.3 is 4.55 Å². The molecule has 0 saturated carbocycles. The number of ketones is 1. The minimum atomic E-state index is -4.44. The van der Waals surface area contributed by atoms with Crippen LogP contribution >= 0.6 is 0 Å². The zero-order valence-corrected chi connectivity index (χ0v) is 11.7. The van der Waals surface area contributed by atoms with Crippen molar-refractivity contribution in [3.8, 4) is 0 Å². The summed E-state index contributed by atoms with van der Waals surface area (Å²) in [5, 5.41) is -1.20. The van der Waals surface area contributed by atoms with Crippen LogP contribution in [-0.4, -0.2) is 18.8 Å². The number of hydrogen-bond donors (Lipinski definition) is 0. The Morgan fingerprint density at radius 2 is 1.88 bits per heavy atom. The molecule has 16 heavy (non-hydrogen) atoms. The van der Waals surface area contributed by atoms with Gasteiger partial charge in [0.25, 0.3) is 0 Å². The summed E-state index contributed by atoms with van der Waals surface area (Å²) in [6, 6.07) is 6.69. The maximum absolute atomic E-state index is 11.3. The van der Waals surface area contributed by atoms with E-state index >= 15 is 0 Å². The molecule has 1 unspecified atom stereocenters. The van der Waals surface area contributed by atoms with Crippen LogP contribution in [0.25, 0.3) is 0 Å². The summed E-state index contributed by atoms with van der Waals surface area (Å²) in [5.74, 6) is -0.196. The molecule has 1 aromatic rings. The van der Waals surface area contributed by atoms with Gasteiger partial charge in [-0.1, -0.05) is 24.3 Å². The normalized spacial score (nSPS) is 19.8. The van der Waals surface area contributed by atoms with Gasteiger partial charge in [0.15, 0.2) is 0 Å². The minimum Gasteiger partial charge on any atom is -0.747 e. The van der Waals surface area contributed by atoms with E-state index in [4.69, 9.17) is 0 Å². The van der Waals surface area contributed by atoms with Gasteiger partial charge in [-0.3, -0.25) is 4.79 Å². The number of rotatable bonds is 1. The van der Waals surface area contributed by atoms with Crippen molar-refractivity contribution >= 4 is 15.9 Å². The second-order valence-corrected chi connectivity index (χ2v) is 5.15. The number of Topliss-reactive ketones (excluding diaryl/α,β-unsaturated/α-hetero) is 1. The van der Waals surface area contributed by atoms with E-state index in [1.165, 1.54) is 0 Å². The van der Waals surface area contributed by atoms with Gasteiger partial charge in [0.2, 0.25) is 0 Å². The molecular formula is C10H9NaO4S. The van der Waals surface area contributed by atoms with Crippen LogP contribution in [0, 0.1) is 0 Å². The summed E-state index contributed by atoms with van der Waals surface area (Å²) in [5.41, 5.74) is 1.13. The van der Waals surface area contributed by atoms with E-state index in [1.807, 2.05) is 0 Å². The second kappa shape index (κ2) is 4.98. The predicted octanol–water partition coefficient (Wildman–Crippen LogP) is -2.21. The average molecular weight is 248 g/mol. The quantitative estimate of drug-likeness (QED) is 0.417. The number of fused-ring (bicyclic) bond motifs is 1. The Kier molecular flexibility index (Phi) is 4.31. The van der Waals surface area contributed by atoms with E-state index in [0.29, 0.717) is 11.1 Å². The molecule has 0 N–H and O–H groups in total. The van der Waals surface area contributed by atoms with Gasteiger partial charge in [-0.25, -0.2) is 8.42 Å². The fourth-order valence-corrected chi connectivity index (χ4v) is 2.80. The van der Waals surface area contributed by atoms with Gasteiger partial charge in [-0.05, 0) is 11.1 Å². The molecule has 0 bridgehead atoms. The Labute approximate surface area is 116 Å². The van der Waals surface area contributed by atoms with Crippen LogP contribution in [0.1, 0.15) is 22.8 Å². The third kappa shape index (κ3) is 2.73. The largest absolute Gasteiger partial charge is 1.00 e. The number of benzene rings is 1. The molecule has 0 aliphatic heterocycles. The standard InChI is InChI=1S/C10H10O4S.Na/c11-8-5-7-3-1-2-4-9(7)10(6-8)15(12,13)14;/h1-4,10H,5-6H2,(H,12,13,14);/q;+1/p-1. The van der Waals surface area contributed by atoms with Crippen LogP contribution < -0.4 is 29.6 Å². The molecule has 80 valence electrons. The van der Waals surface area contributed by atoms with E-state index in [9.17, 15) is 17.8 Å². The molecule has 1 aliphatic rings. The van der Waals surface area contributed by atoms with Crippen LogP contribution in [-0.2, 0) is 21.3 Å². The van der Waals surface area contributed by atoms with E-state index in [0.717, 1.165) is 0 Å². The maximum Gasteiger partial charge on any atom is 1.00 e. The van der Waals surface area contributed by atoms with Crippen molar-refractivity contribution < 1.29 is 47.3 Å². The first-order valence-corrected chi connectivity index (χ1v) is 6.00. The first kappa shape index (κ1) is 13.9. The van der Waals surface area contributed by atoms with Crippen LogP contribution in [0.5, 0.6) is 0 Å². The molecule has 0 radical (unpaired) electrons. The number of hydrogen-bond acceptors (Lipinski definition) is 4. The van der Waals surface area contributed by atoms with Gasteiger partial charge in [0.1, 0.15) is 15.9 Å². The zero-order chi connectivity index (χ0) is 11.1. The summed E-state index contributed by atoms with van der Waals surface area (Å²) in [6.45, 7) is 0. The van der Waals surface area contributed by atoms with Gasteiger partial charge >= 0.3 is 29.6 Å². The first-order valence-electron chi connectivity index (χ1n) is 4.52. The summed E-state index contributed by atoms with van der Waals surface area (Å²) in [6.07, 6.45) is 0.0328. The summed E-state index contributed by atoms with van der Waals surface area (Å²) in [4.78, 5) is 11.3. The molecule has 6 heteroatoms. The van der Waals surface area contributed by atoms with Gasteiger partial charge in [0.05, 0.1) is 5.25 Å². The predicted molar refractivity (Wildman–Crippen MR) is 52.2 cm³/mol. The minimum absolute atomic E-state index is 0. The first-order chi connectivity index (χ1) is 6.98. The Balaban J connectivity index is 0.00000128. The van der Waals surface area contributed by atoms with Gasteiger partial charge in [-0.2, -0.15) is 0 Å². The monoisotopic (exact) mass is 248 g/mol. The smallest absolute Gasteiger partial charge is 0.747 e. The fourth-order valence-electron chi connectivity index (χ4n) is 1.87. The zero-order valence-electron chi connectivity index (χ0n) is 8.84. The molecule has 0 heterocycles. The molecular weight excluding hydrogens is 239 g/mol. The van der Waals surface area contributed by atoms with Crippen molar-refractivity contribution in [1.29, 1.82) is 0 Å². The Hall–Kier alpha value is -0.200. The molecule has 0 fully saturated rings. The van der Waals surface area contributed by atoms with E-state index < -0.39 is 15.4 Å². The van der Waals surface area contributed by atoms with Crippen LogP contribution in [0.2, 0.25) is 0 Å². The molecule has 0 amide bonds. The van der Waals surface area contributed by atoms with Crippen molar-refractivity contribution in [2.45, 2.75) is 18.1 Å². The van der Waals surface area contributed by atoms with Crippen LogP contribution in [0.15, 0.2) is 24.3 Å². The molecule has 0 saturated heterocycles. The fraction of sp³-hybridized carbons (Fsp3) is 0.300. The molecule has 0 spiro atoms. The molecule has 1 aromatic carbocycles. The topological polar surface area (TPSA) is 74.3 Å². The third-order valence-electron chi connectivity index (χ3n) is 2.55. The Morgan fingerprint density at radius 3 is 2.50 bits per heavy atom. The van der Waals surface area contributed by atoms with Crippen LogP contribution in [0.3, 0.4) is 0 Å². The molecule has 1 aliphatic carbocycles. The molecule has 1 atom stereocenters. The van der Waals surface area contributed by atoms with Gasteiger partial charge in [-0.15, -0.1) is 0 Å². The summed E-state index contributed by atoms with van der Waals surface area (Å²) in [7, 11) is -4.44. The second-order valence-electron chi connectivity index (χ2n) is 3.60. The van der Waals surface area contributed by atoms with Crippen molar-refractivity contribution in [2.24, 2.45) is 0 Å². The van der Waals surface area contributed by atoms with E-state index in [2.05, 4.69) is 0 Å². The number of carbonyl (C=O) groups is 1.